The predicted octanol–water partition coefficient (Wildman–Crippen LogP) is 15.6. The number of aromatic nitrogens is 24. The van der Waals surface area contributed by atoms with Crippen LogP contribution in [0.2, 0.25) is 0 Å². The lowest BCUT2D eigenvalue weighted by Gasteiger charge is -2.03. The molecular formula is C96H140N28O8. The van der Waals surface area contributed by atoms with Gasteiger partial charge in [-0.1, -0.05) is 184 Å². The van der Waals surface area contributed by atoms with E-state index in [0.29, 0.717) is 44.1 Å². The van der Waals surface area contributed by atoms with Crippen molar-refractivity contribution >= 4 is 88.3 Å². The van der Waals surface area contributed by atoms with Gasteiger partial charge in [-0.25, -0.2) is 39.9 Å². The lowest BCUT2D eigenvalue weighted by Crippen LogP contribution is -2.14. The molecule has 0 spiro atoms. The number of rotatable bonds is 44. The molecule has 0 saturated carbocycles. The van der Waals surface area contributed by atoms with E-state index in [1.165, 1.54) is 205 Å². The third-order valence-electron chi connectivity index (χ3n) is 22.6. The van der Waals surface area contributed by atoms with Crippen LogP contribution in [0.25, 0.3) is 88.3 Å². The summed E-state index contributed by atoms with van der Waals surface area (Å²) >= 11 is 0. The van der Waals surface area contributed by atoms with Gasteiger partial charge in [0.1, 0.15) is 44.1 Å². The molecule has 16 aromatic rings. The van der Waals surface area contributed by atoms with Crippen LogP contribution in [0.3, 0.4) is 0 Å². The third-order valence-corrected chi connectivity index (χ3v) is 22.6. The maximum atomic E-state index is 11.5. The number of nitrogens with zero attached hydrogens (tertiary/aromatic N) is 8. The lowest BCUT2D eigenvalue weighted by atomic mass is 10.1. The average Bonchev–Trinajstić information content (AvgIpc) is 1.73. The molecule has 0 amide bonds. The normalized spacial score (nSPS) is 11.1. The minimum absolute atomic E-state index is 0.0887. The Balaban J connectivity index is 0.000000170. The molecular weight excluding hydrogens is 1670 g/mol. The van der Waals surface area contributed by atoms with Crippen molar-refractivity contribution in [3.8, 4) is 0 Å². The summed E-state index contributed by atoms with van der Waals surface area (Å²) in [5.41, 5.74) is 18.8. The number of nitrogens with one attached hydrogen (secondary N) is 20. The highest BCUT2D eigenvalue weighted by molar-refractivity contribution is 5.82. The van der Waals surface area contributed by atoms with E-state index in [9.17, 15) is 38.4 Å². The largest absolute Gasteiger partial charge is 0.355 e. The summed E-state index contributed by atoms with van der Waals surface area (Å²) in [6.45, 7) is 24.5. The molecule has 0 fully saturated rings. The van der Waals surface area contributed by atoms with Crippen molar-refractivity contribution < 1.29 is 0 Å². The van der Waals surface area contributed by atoms with Gasteiger partial charge in [0.25, 0.3) is 44.5 Å². The summed E-state index contributed by atoms with van der Waals surface area (Å²) in [6.07, 6.45) is 65.2. The Bertz CT molecular complexity index is 6100. The van der Waals surface area contributed by atoms with E-state index >= 15 is 0 Å². The topological polar surface area (TPSA) is 540 Å². The molecule has 0 aliphatic rings. The van der Waals surface area contributed by atoms with Gasteiger partial charge in [0, 0.05) is 98.0 Å². The SMILES string of the molecule is CCCCCCCCc1c[nH]c2c(=O)[nH]cnc12.CCCCCCCc1c[nH]c2c(=O)[nH]cnc12.CCCCCCNCc1c[nH]c2c(=O)[nH]cnc12.CCCCCCc1c[nH]c2c(=O)[nH]cnc12.CCCCCNCc1c[nH]c2c(=O)[nH]cnc12.CCCCCc1c[nH]c2c(=O)[nH]cnc12.CCCCNCc1c[nH]c2c(=O)[nH]cnc12.CCCNCc1c[nH]c2c(=O)[nH]cnc12. The van der Waals surface area contributed by atoms with Crippen molar-refractivity contribution in [2.45, 2.75) is 287 Å². The van der Waals surface area contributed by atoms with Crippen molar-refractivity contribution in [2.75, 3.05) is 26.2 Å². The molecule has 0 aliphatic carbocycles. The first kappa shape index (κ1) is 103. The second kappa shape index (κ2) is 58.1. The quantitative estimate of drug-likeness (QED) is 0.0158. The van der Waals surface area contributed by atoms with Crippen molar-refractivity contribution in [3.63, 3.8) is 0 Å². The van der Waals surface area contributed by atoms with Gasteiger partial charge in [-0.3, -0.25) is 38.4 Å². The molecule has 0 aromatic carbocycles. The van der Waals surface area contributed by atoms with Crippen LogP contribution in [0.1, 0.15) is 280 Å². The molecule has 0 atom stereocenters. The molecule has 16 aromatic heterocycles. The zero-order chi connectivity index (χ0) is 93.9. The van der Waals surface area contributed by atoms with E-state index in [1.54, 1.807) is 0 Å². The number of unbranched alkanes of at least 4 members (excludes halogenated alkanes) is 20. The molecule has 16 heterocycles. The molecule has 0 unspecified atom stereocenters. The summed E-state index contributed by atoms with van der Waals surface area (Å²) in [7, 11) is 0. The van der Waals surface area contributed by atoms with Crippen LogP contribution in [0.15, 0.2) is 139 Å². The molecule has 0 aliphatic heterocycles. The Morgan fingerprint density at radius 3 is 0.591 bits per heavy atom. The molecule has 0 saturated heterocycles. The highest BCUT2D eigenvalue weighted by Crippen LogP contribution is 2.22. The fraction of sp³-hybridized carbons (Fsp3) is 0.500. The maximum absolute atomic E-state index is 11.5. The number of hydrogen-bond donors (Lipinski definition) is 20. The van der Waals surface area contributed by atoms with Crippen LogP contribution < -0.4 is 65.7 Å². The molecule has 36 heteroatoms. The van der Waals surface area contributed by atoms with E-state index in [4.69, 9.17) is 0 Å². The van der Waals surface area contributed by atoms with E-state index < -0.39 is 0 Å². The standard InChI is InChI=1S/C14H21N3O.C13H20N4O.C13H19N3O.C12H18N4O.C12H17N3O.C11H16N4O.C11H15N3O.C10H14N4O/c1-2-3-4-5-6-7-8-11-9-15-13-12(11)16-10-17-14(13)18;1-2-3-4-5-6-14-7-10-8-15-12-11(10)16-9-17-13(12)18;1-2-3-4-5-6-7-10-8-14-12-11(10)15-9-16-13(12)17;1-2-3-4-5-13-6-9-7-14-11-10(9)15-8-16-12(11)17;1-2-3-4-5-6-9-7-13-11-10(9)14-8-15-12(11)16;1-2-3-4-12-5-8-6-13-10-9(8)14-7-15-11(10)16;1-2-3-4-5-8-6-12-10-9(8)13-7-14-11(10)15;1-2-3-11-4-7-5-12-9-8(7)13-6-14-10(9)15/h9-10,15H,2-8H2,1H3,(H,16,17,18);8-9,14-15H,2-7H2,1H3,(H,16,17,18);8-9,14H,2-7H2,1H3,(H,15,16,17);7-8,13-14H,2-6H2,1H3,(H,15,16,17);7-8,13H,2-6H2,1H3,(H,14,15,16);6-7,12-13H,2-5H2,1H3,(H,14,15,16);6-7,12H,2-5H2,1H3,(H,13,14,15);5-6,11-12H,2-4H2,1H3,(H,13,14,15). The Hall–Kier alpha value is -12.8. The molecule has 16 rings (SSSR count). The van der Waals surface area contributed by atoms with E-state index in [2.05, 4.69) is 196 Å². The monoisotopic (exact) mass is 1810 g/mol. The Morgan fingerprint density at radius 1 is 0.182 bits per heavy atom. The maximum Gasteiger partial charge on any atom is 0.275 e. The summed E-state index contributed by atoms with van der Waals surface area (Å²) in [5.74, 6) is 0. The van der Waals surface area contributed by atoms with Gasteiger partial charge in [0.2, 0.25) is 0 Å². The summed E-state index contributed by atoms with van der Waals surface area (Å²) < 4.78 is 0. The second-order valence-electron chi connectivity index (χ2n) is 32.9. The third kappa shape index (κ3) is 31.8. The number of aromatic amines is 16. The summed E-state index contributed by atoms with van der Waals surface area (Å²) in [4.78, 5) is 169. The minimum atomic E-state index is -0.123. The van der Waals surface area contributed by atoms with Crippen molar-refractivity contribution in [2.24, 2.45) is 0 Å². The highest BCUT2D eigenvalue weighted by Gasteiger charge is 2.15. The molecule has 132 heavy (non-hydrogen) atoms. The zero-order valence-corrected chi connectivity index (χ0v) is 78.4. The molecule has 0 radical (unpaired) electrons. The second-order valence-corrected chi connectivity index (χ2v) is 32.9. The van der Waals surface area contributed by atoms with Crippen LogP contribution in [0, 0.1) is 0 Å². The predicted molar refractivity (Wildman–Crippen MR) is 530 cm³/mol. The lowest BCUT2D eigenvalue weighted by molar-refractivity contribution is 0.599. The van der Waals surface area contributed by atoms with Crippen LogP contribution >= 0.6 is 0 Å². The first-order chi connectivity index (χ1) is 64.6. The Labute approximate surface area is 766 Å². The van der Waals surface area contributed by atoms with E-state index in [-0.39, 0.29) is 44.5 Å². The number of hydrogen-bond acceptors (Lipinski definition) is 20. The smallest absolute Gasteiger partial charge is 0.275 e. The van der Waals surface area contributed by atoms with Crippen molar-refractivity contribution in [3.05, 3.63) is 228 Å². The van der Waals surface area contributed by atoms with E-state index in [1.807, 2.05) is 49.6 Å². The fourth-order valence-corrected chi connectivity index (χ4v) is 15.2. The van der Waals surface area contributed by atoms with Gasteiger partial charge in [-0.2, -0.15) is 0 Å². The summed E-state index contributed by atoms with van der Waals surface area (Å²) in [5, 5.41) is 13.4. The van der Waals surface area contributed by atoms with Crippen LogP contribution in [0.5, 0.6) is 0 Å². The zero-order valence-electron chi connectivity index (χ0n) is 78.4. The fourth-order valence-electron chi connectivity index (χ4n) is 15.2. The van der Waals surface area contributed by atoms with Crippen LogP contribution in [-0.4, -0.2) is 146 Å². The van der Waals surface area contributed by atoms with Gasteiger partial charge in [-0.05, 0) is 125 Å². The number of fused-ring (bicyclic) bond motifs is 8. The van der Waals surface area contributed by atoms with Gasteiger partial charge in [-0.15, -0.1) is 0 Å². The molecule has 0 bridgehead atoms. The van der Waals surface area contributed by atoms with Gasteiger partial charge < -0.3 is 101 Å². The van der Waals surface area contributed by atoms with Gasteiger partial charge >= 0.3 is 0 Å². The number of H-pyrrole nitrogens is 16. The van der Waals surface area contributed by atoms with Crippen LogP contribution in [-0.2, 0) is 51.9 Å². The first-order valence-corrected chi connectivity index (χ1v) is 47.7. The van der Waals surface area contributed by atoms with Gasteiger partial charge in [0.15, 0.2) is 0 Å². The molecule has 20 N–H and O–H groups in total. The Kier molecular flexibility index (Phi) is 45.3. The Morgan fingerprint density at radius 2 is 0.348 bits per heavy atom. The molecule has 36 nitrogen and oxygen atoms in total. The van der Waals surface area contributed by atoms with Gasteiger partial charge in [0.05, 0.1) is 94.8 Å². The van der Waals surface area contributed by atoms with E-state index in [0.717, 1.165) is 192 Å². The first-order valence-electron chi connectivity index (χ1n) is 47.7. The van der Waals surface area contributed by atoms with Crippen molar-refractivity contribution in [1.29, 1.82) is 0 Å². The average molecular weight is 1810 g/mol. The van der Waals surface area contributed by atoms with Crippen molar-refractivity contribution in [1.82, 2.24) is 141 Å². The minimum Gasteiger partial charge on any atom is -0.355 e. The van der Waals surface area contributed by atoms with Crippen LogP contribution in [0.4, 0.5) is 0 Å². The molecule has 712 valence electrons. The highest BCUT2D eigenvalue weighted by atomic mass is 16.2. The summed E-state index contributed by atoms with van der Waals surface area (Å²) in [6, 6.07) is 0. The number of aryl methyl sites for hydroxylation is 4.